The molecule has 0 aromatic rings. The maximum Gasteiger partial charge on any atom is 0.294 e. The van der Waals surface area contributed by atoms with E-state index in [2.05, 4.69) is 17.0 Å². The van der Waals surface area contributed by atoms with Gasteiger partial charge in [0.1, 0.15) is 0 Å². The molecule has 5 nitrogen and oxygen atoms in total. The Balaban J connectivity index is 2.42. The summed E-state index contributed by atoms with van der Waals surface area (Å²) in [6, 6.07) is 0. The van der Waals surface area contributed by atoms with Crippen LogP contribution < -0.4 is 0 Å². The van der Waals surface area contributed by atoms with Crippen LogP contribution in [0.3, 0.4) is 0 Å². The molecule has 1 N–H and O–H groups in total. The fourth-order valence-corrected chi connectivity index (χ4v) is 2.33. The molecule has 5 heteroatoms. The zero-order valence-corrected chi connectivity index (χ0v) is 10.5. The van der Waals surface area contributed by atoms with Gasteiger partial charge in [0.2, 0.25) is 0 Å². The lowest BCUT2D eigenvalue weighted by Gasteiger charge is -2.37. The Hall–Kier alpha value is -0.810. The molecular formula is C12H22N2O3. The van der Waals surface area contributed by atoms with Gasteiger partial charge in [-0.15, -0.1) is 4.91 Å². The normalized spacial score (nSPS) is 20.1. The van der Waals surface area contributed by atoms with E-state index in [4.69, 9.17) is 0 Å². The van der Waals surface area contributed by atoms with E-state index in [9.17, 15) is 14.8 Å². The molecule has 1 amide bonds. The third-order valence-electron chi connectivity index (χ3n) is 3.73. The highest BCUT2D eigenvalue weighted by atomic mass is 16.3. The van der Waals surface area contributed by atoms with E-state index in [1.165, 1.54) is 19.3 Å². The lowest BCUT2D eigenvalue weighted by Crippen LogP contribution is -2.46. The third-order valence-corrected chi connectivity index (χ3v) is 3.73. The summed E-state index contributed by atoms with van der Waals surface area (Å²) >= 11 is 0. The average molecular weight is 242 g/mol. The van der Waals surface area contributed by atoms with Gasteiger partial charge in [-0.25, -0.2) is 0 Å². The fourth-order valence-electron chi connectivity index (χ4n) is 2.33. The van der Waals surface area contributed by atoms with Crippen LogP contribution in [-0.4, -0.2) is 42.2 Å². The van der Waals surface area contributed by atoms with E-state index in [-0.39, 0.29) is 6.61 Å². The Morgan fingerprint density at radius 2 is 2.00 bits per heavy atom. The zero-order chi connectivity index (χ0) is 12.7. The van der Waals surface area contributed by atoms with Crippen LogP contribution in [-0.2, 0) is 4.79 Å². The van der Waals surface area contributed by atoms with Gasteiger partial charge < -0.3 is 10.0 Å². The Morgan fingerprint density at radius 3 is 2.47 bits per heavy atom. The van der Waals surface area contributed by atoms with Crippen LogP contribution >= 0.6 is 0 Å². The lowest BCUT2D eigenvalue weighted by atomic mass is 9.78. The molecule has 1 rings (SSSR count). The maximum absolute atomic E-state index is 11.4. The minimum Gasteiger partial charge on any atom is -0.395 e. The number of aliphatic hydroxyl groups is 1. The predicted octanol–water partition coefficient (Wildman–Crippen LogP) is 1.54. The molecule has 1 heterocycles. The van der Waals surface area contributed by atoms with Crippen molar-refractivity contribution in [1.82, 2.24) is 4.90 Å². The van der Waals surface area contributed by atoms with E-state index < -0.39 is 11.3 Å². The van der Waals surface area contributed by atoms with Crippen molar-refractivity contribution in [3.05, 3.63) is 4.91 Å². The number of nitroso groups, excluding NO2 is 1. The van der Waals surface area contributed by atoms with Crippen molar-refractivity contribution in [2.75, 3.05) is 26.2 Å². The summed E-state index contributed by atoms with van der Waals surface area (Å²) in [4.78, 5) is 24.1. The smallest absolute Gasteiger partial charge is 0.294 e. The van der Waals surface area contributed by atoms with Gasteiger partial charge in [0.25, 0.3) is 5.91 Å². The first-order valence-corrected chi connectivity index (χ1v) is 6.39. The van der Waals surface area contributed by atoms with Crippen LogP contribution in [0.1, 0.15) is 39.0 Å². The van der Waals surface area contributed by atoms with E-state index in [0.717, 1.165) is 19.6 Å². The van der Waals surface area contributed by atoms with Crippen LogP contribution in [0.4, 0.5) is 0 Å². The molecule has 0 aromatic carbocycles. The van der Waals surface area contributed by atoms with E-state index >= 15 is 0 Å². The Morgan fingerprint density at radius 1 is 1.35 bits per heavy atom. The number of hydrogen-bond acceptors (Lipinski definition) is 4. The molecule has 98 valence electrons. The van der Waals surface area contributed by atoms with Crippen LogP contribution in [0.5, 0.6) is 0 Å². The van der Waals surface area contributed by atoms with Crippen LogP contribution in [0.15, 0.2) is 5.18 Å². The molecule has 0 aliphatic carbocycles. The minimum atomic E-state index is -0.900. The highest BCUT2D eigenvalue weighted by Crippen LogP contribution is 2.32. The number of carbonyl (C=O) groups excluding carboxylic acids is 1. The number of carbonyl (C=O) groups is 1. The average Bonchev–Trinajstić information content (AvgIpc) is 2.39. The van der Waals surface area contributed by atoms with Crippen molar-refractivity contribution in [2.24, 2.45) is 10.6 Å². The number of aliphatic hydroxyl groups excluding tert-OH is 1. The van der Waals surface area contributed by atoms with Gasteiger partial charge in [-0.05, 0) is 38.9 Å². The van der Waals surface area contributed by atoms with Crippen molar-refractivity contribution in [1.29, 1.82) is 0 Å². The van der Waals surface area contributed by atoms with Crippen molar-refractivity contribution in [3.63, 3.8) is 0 Å². The molecule has 1 aliphatic heterocycles. The van der Waals surface area contributed by atoms with Gasteiger partial charge >= 0.3 is 0 Å². The number of rotatable bonds is 6. The molecule has 1 aliphatic rings. The highest BCUT2D eigenvalue weighted by Gasteiger charge is 2.41. The van der Waals surface area contributed by atoms with Gasteiger partial charge in [0, 0.05) is 5.18 Å². The molecule has 0 bridgehead atoms. The van der Waals surface area contributed by atoms with Gasteiger partial charge in [-0.2, -0.15) is 0 Å². The summed E-state index contributed by atoms with van der Waals surface area (Å²) < 4.78 is 0. The van der Waals surface area contributed by atoms with Crippen LogP contribution in [0, 0.1) is 10.3 Å². The Bertz CT molecular complexity index is 260. The molecular weight excluding hydrogens is 220 g/mol. The zero-order valence-electron chi connectivity index (χ0n) is 10.5. The Labute approximate surface area is 102 Å². The quantitative estimate of drug-likeness (QED) is 0.566. The largest absolute Gasteiger partial charge is 0.395 e. The lowest BCUT2D eigenvalue weighted by molar-refractivity contribution is -0.133. The molecule has 0 unspecified atom stereocenters. The number of hydrogen-bond donors (Lipinski definition) is 1. The summed E-state index contributed by atoms with van der Waals surface area (Å²) in [5.74, 6) is -0.687. The van der Waals surface area contributed by atoms with E-state index in [1.54, 1.807) is 0 Å². The summed E-state index contributed by atoms with van der Waals surface area (Å²) in [6.07, 6.45) is 4.67. The second-order valence-electron chi connectivity index (χ2n) is 4.88. The SMILES string of the molecule is CCCCCN1CCC(CO)(C(=O)N=O)CC1. The number of nitrogens with zero attached hydrogens (tertiary/aromatic N) is 2. The fraction of sp³-hybridized carbons (Fsp3) is 0.917. The van der Waals surface area contributed by atoms with Crippen molar-refractivity contribution in [2.45, 2.75) is 39.0 Å². The summed E-state index contributed by atoms with van der Waals surface area (Å²) in [6.45, 7) is 4.48. The van der Waals surface area contributed by atoms with Gasteiger partial charge in [0.15, 0.2) is 0 Å². The summed E-state index contributed by atoms with van der Waals surface area (Å²) in [5, 5.41) is 11.8. The molecule has 0 aromatic heterocycles. The summed E-state index contributed by atoms with van der Waals surface area (Å²) in [7, 11) is 0. The first-order valence-electron chi connectivity index (χ1n) is 6.39. The van der Waals surface area contributed by atoms with Crippen LogP contribution in [0.2, 0.25) is 0 Å². The third kappa shape index (κ3) is 3.57. The molecule has 17 heavy (non-hydrogen) atoms. The Kier molecular flexibility index (Phi) is 5.71. The minimum absolute atomic E-state index is 0.264. The van der Waals surface area contributed by atoms with Gasteiger partial charge in [-0.1, -0.05) is 19.8 Å². The molecule has 1 fully saturated rings. The summed E-state index contributed by atoms with van der Waals surface area (Å²) in [5.41, 5.74) is -0.900. The van der Waals surface area contributed by atoms with Crippen molar-refractivity contribution in [3.8, 4) is 0 Å². The number of amides is 1. The van der Waals surface area contributed by atoms with Crippen molar-refractivity contribution >= 4 is 5.91 Å². The molecule has 0 atom stereocenters. The molecule has 1 saturated heterocycles. The van der Waals surface area contributed by atoms with E-state index in [0.29, 0.717) is 12.8 Å². The van der Waals surface area contributed by atoms with E-state index in [1.807, 2.05) is 0 Å². The second-order valence-corrected chi connectivity index (χ2v) is 4.88. The van der Waals surface area contributed by atoms with Crippen molar-refractivity contribution < 1.29 is 9.90 Å². The monoisotopic (exact) mass is 242 g/mol. The van der Waals surface area contributed by atoms with Crippen LogP contribution in [0.25, 0.3) is 0 Å². The highest BCUT2D eigenvalue weighted by molar-refractivity contribution is 5.83. The number of piperidine rings is 1. The molecule has 0 saturated carbocycles. The predicted molar refractivity (Wildman–Crippen MR) is 65.5 cm³/mol. The standard InChI is InChI=1S/C12H22N2O3/c1-2-3-4-7-14-8-5-12(10-15,6-9-14)11(16)13-17/h15H,2-10H2,1H3. The second kappa shape index (κ2) is 6.81. The van der Waals surface area contributed by atoms with Gasteiger partial charge in [0.05, 0.1) is 12.0 Å². The molecule has 0 spiro atoms. The number of unbranched alkanes of at least 4 members (excludes halogenated alkanes) is 2. The first-order chi connectivity index (χ1) is 8.18. The molecule has 0 radical (unpaired) electrons. The maximum atomic E-state index is 11.4. The topological polar surface area (TPSA) is 70.0 Å². The number of likely N-dealkylation sites (tertiary alicyclic amines) is 1. The van der Waals surface area contributed by atoms with Gasteiger partial charge in [-0.3, -0.25) is 4.79 Å². The first kappa shape index (κ1) is 14.3.